The molecule has 88 valence electrons. The maximum atomic E-state index is 12.7. The van der Waals surface area contributed by atoms with E-state index in [1.165, 1.54) is 36.7 Å². The summed E-state index contributed by atoms with van der Waals surface area (Å²) in [7, 11) is 0. The van der Waals surface area contributed by atoms with E-state index in [0.717, 1.165) is 0 Å². The first-order chi connectivity index (χ1) is 8.69. The molecule has 2 rings (SSSR count). The molecule has 2 aromatic rings. The molecule has 0 saturated heterocycles. The molecule has 0 bridgehead atoms. The lowest BCUT2D eigenvalue weighted by Gasteiger charge is -2.03. The second-order valence-corrected chi connectivity index (χ2v) is 3.37. The van der Waals surface area contributed by atoms with Crippen molar-refractivity contribution in [2.45, 2.75) is 0 Å². The largest absolute Gasteiger partial charge is 0.319 e. The quantitative estimate of drug-likeness (QED) is 0.869. The highest BCUT2D eigenvalue weighted by atomic mass is 19.1. The Kier molecular flexibility index (Phi) is 3.25. The SMILES string of the molecule is N#Cc1cnc(C(=O)Nc2ccc(F)cc2)nc1. The van der Waals surface area contributed by atoms with Gasteiger partial charge in [-0.25, -0.2) is 14.4 Å². The molecule has 5 nitrogen and oxygen atoms in total. The summed E-state index contributed by atoms with van der Waals surface area (Å²) in [6.45, 7) is 0. The molecule has 0 spiro atoms. The van der Waals surface area contributed by atoms with Gasteiger partial charge in [-0.15, -0.1) is 0 Å². The normalized spacial score (nSPS) is 9.56. The zero-order valence-corrected chi connectivity index (χ0v) is 9.09. The lowest BCUT2D eigenvalue weighted by Crippen LogP contribution is -2.15. The third-order valence-corrected chi connectivity index (χ3v) is 2.09. The number of aromatic nitrogens is 2. The van der Waals surface area contributed by atoms with E-state index in [1.807, 2.05) is 6.07 Å². The lowest BCUT2D eigenvalue weighted by molar-refractivity contribution is 0.101. The molecule has 0 aliphatic carbocycles. The number of anilines is 1. The number of nitrogens with one attached hydrogen (secondary N) is 1. The minimum Gasteiger partial charge on any atom is -0.319 e. The van der Waals surface area contributed by atoms with Crippen molar-refractivity contribution in [2.24, 2.45) is 0 Å². The zero-order valence-electron chi connectivity index (χ0n) is 9.09. The van der Waals surface area contributed by atoms with Crippen molar-refractivity contribution in [1.29, 1.82) is 5.26 Å². The van der Waals surface area contributed by atoms with Crippen LogP contribution in [-0.4, -0.2) is 15.9 Å². The first kappa shape index (κ1) is 11.7. The van der Waals surface area contributed by atoms with Gasteiger partial charge in [-0.05, 0) is 24.3 Å². The van der Waals surface area contributed by atoms with Crippen LogP contribution in [0.2, 0.25) is 0 Å². The molecule has 18 heavy (non-hydrogen) atoms. The summed E-state index contributed by atoms with van der Waals surface area (Å²) in [6.07, 6.45) is 2.51. The highest BCUT2D eigenvalue weighted by Crippen LogP contribution is 2.09. The molecule has 6 heteroatoms. The van der Waals surface area contributed by atoms with E-state index in [-0.39, 0.29) is 17.2 Å². The van der Waals surface area contributed by atoms with Crippen molar-refractivity contribution >= 4 is 11.6 Å². The number of rotatable bonds is 2. The zero-order chi connectivity index (χ0) is 13.0. The van der Waals surface area contributed by atoms with Crippen LogP contribution in [0.4, 0.5) is 10.1 Å². The Bertz CT molecular complexity index is 601. The Labute approximate surface area is 102 Å². The number of carbonyl (C=O) groups is 1. The Morgan fingerprint density at radius 3 is 2.39 bits per heavy atom. The van der Waals surface area contributed by atoms with Gasteiger partial charge in [-0.1, -0.05) is 0 Å². The van der Waals surface area contributed by atoms with Crippen LogP contribution in [0.3, 0.4) is 0 Å². The number of benzene rings is 1. The van der Waals surface area contributed by atoms with Crippen molar-refractivity contribution in [3.63, 3.8) is 0 Å². The van der Waals surface area contributed by atoms with E-state index in [2.05, 4.69) is 15.3 Å². The van der Waals surface area contributed by atoms with Crippen molar-refractivity contribution < 1.29 is 9.18 Å². The van der Waals surface area contributed by atoms with Crippen LogP contribution < -0.4 is 5.32 Å². The first-order valence-corrected chi connectivity index (χ1v) is 4.98. The molecule has 0 unspecified atom stereocenters. The summed E-state index contributed by atoms with van der Waals surface area (Å²) in [4.78, 5) is 19.2. The number of hydrogen-bond acceptors (Lipinski definition) is 4. The van der Waals surface area contributed by atoms with Gasteiger partial charge in [0.1, 0.15) is 11.9 Å². The Hall–Kier alpha value is -2.81. The molecule has 1 aromatic heterocycles. The number of nitrogens with zero attached hydrogens (tertiary/aromatic N) is 3. The predicted molar refractivity (Wildman–Crippen MR) is 61.1 cm³/mol. The monoisotopic (exact) mass is 242 g/mol. The van der Waals surface area contributed by atoms with Crippen molar-refractivity contribution in [2.75, 3.05) is 5.32 Å². The standard InChI is InChI=1S/C12H7FN4O/c13-9-1-3-10(4-2-9)17-12(18)11-15-6-8(5-14)7-16-11/h1-4,6-7H,(H,17,18). The third-order valence-electron chi connectivity index (χ3n) is 2.09. The van der Waals surface area contributed by atoms with E-state index < -0.39 is 5.91 Å². The fourth-order valence-electron chi connectivity index (χ4n) is 1.22. The fraction of sp³-hybridized carbons (Fsp3) is 0. The number of carbonyl (C=O) groups excluding carboxylic acids is 1. The van der Waals surface area contributed by atoms with Gasteiger partial charge in [-0.2, -0.15) is 5.26 Å². The molecule has 1 heterocycles. The summed E-state index contributed by atoms with van der Waals surface area (Å²) in [5.41, 5.74) is 0.711. The number of amides is 1. The van der Waals surface area contributed by atoms with Crippen LogP contribution in [-0.2, 0) is 0 Å². The summed E-state index contributed by atoms with van der Waals surface area (Å²) >= 11 is 0. The van der Waals surface area contributed by atoms with Gasteiger partial charge in [0, 0.05) is 18.1 Å². The van der Waals surface area contributed by atoms with E-state index in [0.29, 0.717) is 5.69 Å². The average molecular weight is 242 g/mol. The van der Waals surface area contributed by atoms with Crippen molar-refractivity contribution in [1.82, 2.24) is 9.97 Å². The van der Waals surface area contributed by atoms with Gasteiger partial charge in [0.2, 0.25) is 5.82 Å². The van der Waals surface area contributed by atoms with Gasteiger partial charge in [0.05, 0.1) is 5.56 Å². The van der Waals surface area contributed by atoms with Crippen LogP contribution in [0.1, 0.15) is 16.2 Å². The molecule has 0 fully saturated rings. The molecular formula is C12H7FN4O. The van der Waals surface area contributed by atoms with Crippen LogP contribution in [0.5, 0.6) is 0 Å². The maximum absolute atomic E-state index is 12.7. The molecule has 0 aliphatic rings. The van der Waals surface area contributed by atoms with E-state index in [1.54, 1.807) is 0 Å². The minimum absolute atomic E-state index is 0.0571. The smallest absolute Gasteiger partial charge is 0.293 e. The average Bonchev–Trinajstić information content (AvgIpc) is 2.41. The second-order valence-electron chi connectivity index (χ2n) is 3.37. The Morgan fingerprint density at radius 2 is 1.83 bits per heavy atom. The van der Waals surface area contributed by atoms with E-state index in [9.17, 15) is 9.18 Å². The lowest BCUT2D eigenvalue weighted by atomic mass is 10.3. The van der Waals surface area contributed by atoms with Crippen LogP contribution >= 0.6 is 0 Å². The van der Waals surface area contributed by atoms with E-state index in [4.69, 9.17) is 5.26 Å². The van der Waals surface area contributed by atoms with Crippen LogP contribution in [0.15, 0.2) is 36.7 Å². The van der Waals surface area contributed by atoms with Crippen LogP contribution in [0.25, 0.3) is 0 Å². The summed E-state index contributed by atoms with van der Waals surface area (Å²) in [5, 5.41) is 11.1. The van der Waals surface area contributed by atoms with E-state index >= 15 is 0 Å². The number of hydrogen-bond donors (Lipinski definition) is 1. The third kappa shape index (κ3) is 2.65. The first-order valence-electron chi connectivity index (χ1n) is 4.98. The van der Waals surface area contributed by atoms with Crippen LogP contribution in [0, 0.1) is 17.1 Å². The molecular weight excluding hydrogens is 235 g/mol. The Balaban J connectivity index is 2.12. The molecule has 0 radical (unpaired) electrons. The summed E-state index contributed by atoms with van der Waals surface area (Å²) in [5.74, 6) is -0.966. The summed E-state index contributed by atoms with van der Waals surface area (Å²) < 4.78 is 12.7. The summed E-state index contributed by atoms with van der Waals surface area (Å²) in [6, 6.07) is 7.17. The highest BCUT2D eigenvalue weighted by molar-refractivity contribution is 6.01. The fourth-order valence-corrected chi connectivity index (χ4v) is 1.22. The molecule has 0 aliphatic heterocycles. The van der Waals surface area contributed by atoms with Gasteiger partial charge in [0.15, 0.2) is 0 Å². The molecule has 1 aromatic carbocycles. The Morgan fingerprint density at radius 1 is 1.22 bits per heavy atom. The molecule has 0 atom stereocenters. The van der Waals surface area contributed by atoms with Crippen molar-refractivity contribution in [3.8, 4) is 6.07 Å². The maximum Gasteiger partial charge on any atom is 0.293 e. The number of nitriles is 1. The number of halogens is 1. The second kappa shape index (κ2) is 5.01. The molecule has 1 amide bonds. The highest BCUT2D eigenvalue weighted by Gasteiger charge is 2.09. The predicted octanol–water partition coefficient (Wildman–Crippen LogP) is 1.74. The van der Waals surface area contributed by atoms with Gasteiger partial charge < -0.3 is 5.32 Å². The van der Waals surface area contributed by atoms with Crippen molar-refractivity contribution in [3.05, 3.63) is 53.9 Å². The van der Waals surface area contributed by atoms with Gasteiger partial charge >= 0.3 is 0 Å². The van der Waals surface area contributed by atoms with Gasteiger partial charge in [0.25, 0.3) is 5.91 Å². The molecule has 0 saturated carbocycles. The topological polar surface area (TPSA) is 78.7 Å². The van der Waals surface area contributed by atoms with Gasteiger partial charge in [-0.3, -0.25) is 4.79 Å². The molecule has 1 N–H and O–H groups in total. The minimum atomic E-state index is -0.522.